The van der Waals surface area contributed by atoms with Crippen molar-refractivity contribution < 1.29 is 118 Å². The van der Waals surface area contributed by atoms with Crippen LogP contribution >= 0.6 is 0 Å². The van der Waals surface area contributed by atoms with E-state index >= 15 is 0 Å². The van der Waals surface area contributed by atoms with Crippen molar-refractivity contribution in [2.24, 2.45) is 0 Å². The molecule has 0 bridgehead atoms. The maximum Gasteiger partial charge on any atom is 1.00 e. The second-order valence-corrected chi connectivity index (χ2v) is 1.99. The Hall–Kier alpha value is 0.630. The van der Waals surface area contributed by atoms with Gasteiger partial charge in [0.15, 0.2) is 0 Å². The van der Waals surface area contributed by atoms with Gasteiger partial charge in [-0.25, -0.2) is 0 Å². The molecule has 0 aromatic heterocycles. The maximum absolute atomic E-state index is 9.84. The molecule has 0 spiro atoms. The first-order valence-corrected chi connectivity index (χ1v) is 3.44. The average Bonchev–Trinajstić information content (AvgIpc) is 2.14. The molecule has 0 unspecified atom stereocenters. The zero-order valence-corrected chi connectivity index (χ0v) is 16.6. The monoisotopic (exact) mass is 280 g/mol. The molecule has 0 atom stereocenters. The smallest absolute Gasteiger partial charge is 0.545 e. The fourth-order valence-electron chi connectivity index (χ4n) is 0.237. The van der Waals surface area contributed by atoms with Crippen molar-refractivity contribution in [1.29, 1.82) is 0 Å². The third kappa shape index (κ3) is 30.0. The van der Waals surface area contributed by atoms with Crippen LogP contribution in [0.25, 0.3) is 0 Å². The van der Waals surface area contributed by atoms with E-state index in [1.807, 2.05) is 0 Å². The molecule has 0 amide bonds. The van der Waals surface area contributed by atoms with Crippen LogP contribution < -0.4 is 104 Å². The molecular weight excluding hydrogens is 273 g/mol. The Kier molecular flexibility index (Phi) is 34.6. The molecule has 0 aliphatic carbocycles. The van der Waals surface area contributed by atoms with Crippen LogP contribution in [0.1, 0.15) is 0 Å². The van der Waals surface area contributed by atoms with Gasteiger partial charge in [-0.05, 0) is 17.7 Å². The average molecular weight is 280 g/mol. The molecule has 0 aliphatic rings. The van der Waals surface area contributed by atoms with Crippen LogP contribution in [0.2, 0.25) is 0 Å². The summed E-state index contributed by atoms with van der Waals surface area (Å²) in [5.74, 6) is -4.20. The third-order valence-corrected chi connectivity index (χ3v) is 0.849. The molecule has 18 heavy (non-hydrogen) atoms. The van der Waals surface area contributed by atoms with Crippen LogP contribution in [0, 0.1) is 0 Å². The number of hydrogen-bond acceptors (Lipinski definition) is 6. The second-order valence-electron chi connectivity index (χ2n) is 1.99. The first-order valence-electron chi connectivity index (χ1n) is 3.44. The van der Waals surface area contributed by atoms with Crippen molar-refractivity contribution in [2.75, 3.05) is 0 Å². The van der Waals surface area contributed by atoms with E-state index in [1.165, 1.54) is 0 Å². The van der Waals surface area contributed by atoms with Crippen molar-refractivity contribution in [2.45, 2.75) is 0 Å². The summed E-state index contributed by atoms with van der Waals surface area (Å²) in [6, 6.07) is 0. The molecule has 0 N–H and O–H groups in total. The fourth-order valence-corrected chi connectivity index (χ4v) is 0.237. The summed E-state index contributed by atoms with van der Waals surface area (Å²) < 4.78 is 0. The van der Waals surface area contributed by atoms with Crippen LogP contribution in [-0.4, -0.2) is 17.9 Å². The Morgan fingerprint density at radius 1 is 0.833 bits per heavy atom. The van der Waals surface area contributed by atoms with Gasteiger partial charge in [-0.2, -0.15) is 0 Å². The summed E-state index contributed by atoms with van der Waals surface area (Å²) in [5.41, 5.74) is -0.399. The maximum atomic E-state index is 9.84. The van der Waals surface area contributed by atoms with E-state index in [0.29, 0.717) is 6.08 Å². The van der Waals surface area contributed by atoms with E-state index in [9.17, 15) is 19.8 Å². The first-order chi connectivity index (χ1) is 6.81. The van der Waals surface area contributed by atoms with E-state index in [-0.39, 0.29) is 88.7 Å². The van der Waals surface area contributed by atoms with Gasteiger partial charge in [0.2, 0.25) is 0 Å². The predicted molar refractivity (Wildman–Crippen MR) is 43.5 cm³/mol. The SMILES string of the molecule is C=C(C=CC(=O)[O-])C(=O)[O-].C=CC(=O)[O-].[Na+].[Na+].[Na+]. The molecule has 0 saturated heterocycles. The summed E-state index contributed by atoms with van der Waals surface area (Å²) in [6.45, 7) is 5.88. The third-order valence-electron chi connectivity index (χ3n) is 0.849. The number of carbonyl (C=O) groups is 3. The number of hydrogen-bond donors (Lipinski definition) is 0. The van der Waals surface area contributed by atoms with Crippen molar-refractivity contribution in [3.8, 4) is 0 Å². The molecule has 0 radical (unpaired) electrons. The van der Waals surface area contributed by atoms with E-state index in [0.717, 1.165) is 12.2 Å². The summed E-state index contributed by atoms with van der Waals surface area (Å²) in [5, 5.41) is 28.6. The Bertz CT molecular complexity index is 324. The number of aliphatic carboxylic acids is 3. The Balaban J connectivity index is -0.0000000621. The minimum Gasteiger partial charge on any atom is -0.545 e. The van der Waals surface area contributed by atoms with Gasteiger partial charge in [0, 0.05) is 0 Å². The van der Waals surface area contributed by atoms with Gasteiger partial charge in [0.1, 0.15) is 0 Å². The normalized spacial score (nSPS) is 7.11. The summed E-state index contributed by atoms with van der Waals surface area (Å²) in [7, 11) is 0. The molecule has 0 rings (SSSR count). The number of carbonyl (C=O) groups excluding carboxylic acids is 3. The zero-order valence-electron chi connectivity index (χ0n) is 10.6. The van der Waals surface area contributed by atoms with Crippen LogP contribution in [0.15, 0.2) is 37.0 Å². The van der Waals surface area contributed by atoms with Gasteiger partial charge < -0.3 is 29.7 Å². The largest absolute Gasteiger partial charge is 1.00 e. The quantitative estimate of drug-likeness (QED) is 0.286. The Morgan fingerprint density at radius 2 is 1.17 bits per heavy atom. The van der Waals surface area contributed by atoms with Gasteiger partial charge >= 0.3 is 88.7 Å². The molecule has 82 valence electrons. The molecule has 0 heterocycles. The first kappa shape index (κ1) is 31.2. The van der Waals surface area contributed by atoms with Crippen molar-refractivity contribution in [3.63, 3.8) is 0 Å². The fraction of sp³-hybridized carbons (Fsp3) is 0. The van der Waals surface area contributed by atoms with Gasteiger partial charge in [0.25, 0.3) is 0 Å². The van der Waals surface area contributed by atoms with E-state index < -0.39 is 23.5 Å². The Labute approximate surface area is 171 Å². The van der Waals surface area contributed by atoms with E-state index in [4.69, 9.17) is 9.90 Å². The molecule has 0 saturated carbocycles. The predicted octanol–water partition coefficient (Wildman–Crippen LogP) is -12.5. The molecule has 0 fully saturated rings. The van der Waals surface area contributed by atoms with Gasteiger partial charge in [-0.15, -0.1) is 0 Å². The molecule has 0 aliphatic heterocycles. The van der Waals surface area contributed by atoms with Gasteiger partial charge in [-0.3, -0.25) is 0 Å². The van der Waals surface area contributed by atoms with E-state index in [1.54, 1.807) is 0 Å². The zero-order chi connectivity index (χ0) is 12.4. The number of carboxylic acids is 3. The van der Waals surface area contributed by atoms with Crippen molar-refractivity contribution in [1.82, 2.24) is 0 Å². The van der Waals surface area contributed by atoms with Gasteiger partial charge in [0.05, 0.1) is 17.9 Å². The minimum atomic E-state index is -1.50. The van der Waals surface area contributed by atoms with Crippen LogP contribution in [0.5, 0.6) is 0 Å². The number of rotatable bonds is 4. The van der Waals surface area contributed by atoms with Crippen molar-refractivity contribution in [3.05, 3.63) is 37.0 Å². The molecule has 9 heteroatoms. The topological polar surface area (TPSA) is 120 Å². The van der Waals surface area contributed by atoms with E-state index in [2.05, 4.69) is 13.2 Å². The molecular formula is C9H7Na3O6. The minimum absolute atomic E-state index is 0. The van der Waals surface area contributed by atoms with Gasteiger partial charge in [-0.1, -0.05) is 19.2 Å². The molecule has 0 aromatic rings. The number of carboxylic acid groups (broad SMARTS) is 3. The Morgan fingerprint density at radius 3 is 1.33 bits per heavy atom. The molecule has 6 nitrogen and oxygen atoms in total. The van der Waals surface area contributed by atoms with Crippen LogP contribution in [-0.2, 0) is 14.4 Å². The summed E-state index contributed by atoms with van der Waals surface area (Å²) in [4.78, 5) is 28.6. The second kappa shape index (κ2) is 20.0. The van der Waals surface area contributed by atoms with Crippen LogP contribution in [0.4, 0.5) is 0 Å². The van der Waals surface area contributed by atoms with Crippen molar-refractivity contribution >= 4 is 17.9 Å². The summed E-state index contributed by atoms with van der Waals surface area (Å²) in [6.07, 6.45) is 2.09. The van der Waals surface area contributed by atoms with Crippen LogP contribution in [0.3, 0.4) is 0 Å². The molecule has 0 aromatic carbocycles. The standard InChI is InChI=1S/C6H6O4.C3H4O2.3Na/c1-4(6(9)10)2-3-5(7)8;1-2-3(4)5;;;/h2-3H,1H2,(H,7,8)(H,9,10);2H,1H2,(H,4,5);;;/q;;3*+1/p-3. The summed E-state index contributed by atoms with van der Waals surface area (Å²) >= 11 is 0.